The Hall–Kier alpha value is -3.41. The van der Waals surface area contributed by atoms with E-state index in [4.69, 9.17) is 18.6 Å². The molecule has 0 aliphatic carbocycles. The Morgan fingerprint density at radius 2 is 1.88 bits per heavy atom. The van der Waals surface area contributed by atoms with Crippen molar-refractivity contribution in [3.05, 3.63) is 66.6 Å². The topological polar surface area (TPSA) is 69.9 Å². The van der Waals surface area contributed by atoms with E-state index in [-0.39, 0.29) is 12.7 Å². The van der Waals surface area contributed by atoms with E-state index in [1.54, 1.807) is 24.3 Å². The lowest BCUT2D eigenvalue weighted by molar-refractivity contribution is 0.0920. The van der Waals surface area contributed by atoms with Crippen LogP contribution in [0.25, 0.3) is 11.1 Å². The van der Waals surface area contributed by atoms with E-state index in [0.29, 0.717) is 36.2 Å². The van der Waals surface area contributed by atoms with Crippen LogP contribution in [0.15, 0.2) is 65.3 Å². The molecule has 2 aromatic carbocycles. The van der Waals surface area contributed by atoms with E-state index in [1.807, 2.05) is 30.3 Å². The molecular weight excluding hydrogens is 334 g/mol. The van der Waals surface area contributed by atoms with Crippen molar-refractivity contribution in [3.63, 3.8) is 0 Å². The van der Waals surface area contributed by atoms with Crippen molar-refractivity contribution >= 4 is 5.91 Å². The third-order valence-electron chi connectivity index (χ3n) is 3.96. The smallest absolute Gasteiger partial charge is 0.287 e. The van der Waals surface area contributed by atoms with E-state index < -0.39 is 0 Å². The molecule has 132 valence electrons. The number of carbonyl (C=O) groups is 1. The number of ether oxygens (including phenoxy) is 3. The number of furan rings is 1. The Bertz CT molecular complexity index is 904. The van der Waals surface area contributed by atoms with Gasteiger partial charge in [0, 0.05) is 11.6 Å². The fourth-order valence-electron chi connectivity index (χ4n) is 2.71. The normalized spacial score (nSPS) is 12.0. The number of benzene rings is 2. The predicted molar refractivity (Wildman–Crippen MR) is 94.5 cm³/mol. The van der Waals surface area contributed by atoms with Crippen LogP contribution in [0.1, 0.15) is 10.6 Å². The largest absolute Gasteiger partial charge is 0.492 e. The average molecular weight is 351 g/mol. The molecule has 1 N–H and O–H groups in total. The second kappa shape index (κ2) is 7.23. The monoisotopic (exact) mass is 351 g/mol. The van der Waals surface area contributed by atoms with E-state index in [0.717, 1.165) is 11.1 Å². The molecule has 26 heavy (non-hydrogen) atoms. The first-order valence-electron chi connectivity index (χ1n) is 8.25. The van der Waals surface area contributed by atoms with Gasteiger partial charge in [0.05, 0.1) is 12.8 Å². The van der Waals surface area contributed by atoms with Crippen LogP contribution in [0.4, 0.5) is 0 Å². The highest BCUT2D eigenvalue weighted by Crippen LogP contribution is 2.35. The van der Waals surface area contributed by atoms with Crippen molar-refractivity contribution in [2.24, 2.45) is 0 Å². The SMILES string of the molecule is O=C(NCCOc1ccc2c(c1)OCO2)c1occc1-c1ccccc1. The average Bonchev–Trinajstić information content (AvgIpc) is 3.34. The van der Waals surface area contributed by atoms with Crippen molar-refractivity contribution < 1.29 is 23.4 Å². The number of nitrogens with one attached hydrogen (secondary N) is 1. The molecular formula is C20H17NO5. The summed E-state index contributed by atoms with van der Waals surface area (Å²) >= 11 is 0. The summed E-state index contributed by atoms with van der Waals surface area (Å²) in [5.41, 5.74) is 1.70. The van der Waals surface area contributed by atoms with Crippen LogP contribution in [-0.4, -0.2) is 25.9 Å². The first-order chi connectivity index (χ1) is 12.8. The molecule has 0 saturated carbocycles. The van der Waals surface area contributed by atoms with Gasteiger partial charge in [-0.1, -0.05) is 30.3 Å². The zero-order chi connectivity index (χ0) is 17.8. The molecule has 0 bridgehead atoms. The van der Waals surface area contributed by atoms with Gasteiger partial charge in [-0.05, 0) is 23.8 Å². The fourth-order valence-corrected chi connectivity index (χ4v) is 2.71. The summed E-state index contributed by atoms with van der Waals surface area (Å²) < 4.78 is 21.6. The number of hydrogen-bond donors (Lipinski definition) is 1. The lowest BCUT2D eigenvalue weighted by Gasteiger charge is -2.08. The van der Waals surface area contributed by atoms with Gasteiger partial charge >= 0.3 is 0 Å². The van der Waals surface area contributed by atoms with Crippen molar-refractivity contribution in [1.82, 2.24) is 5.32 Å². The zero-order valence-corrected chi connectivity index (χ0v) is 13.9. The van der Waals surface area contributed by atoms with Crippen LogP contribution in [-0.2, 0) is 0 Å². The zero-order valence-electron chi connectivity index (χ0n) is 13.9. The molecule has 3 aromatic rings. The minimum atomic E-state index is -0.275. The molecule has 0 saturated heterocycles. The number of amides is 1. The first-order valence-corrected chi connectivity index (χ1v) is 8.25. The maximum atomic E-state index is 12.4. The second-order valence-corrected chi connectivity index (χ2v) is 5.65. The molecule has 2 heterocycles. The second-order valence-electron chi connectivity index (χ2n) is 5.65. The molecule has 1 aromatic heterocycles. The number of rotatable bonds is 6. The van der Waals surface area contributed by atoms with Crippen molar-refractivity contribution in [3.8, 4) is 28.4 Å². The van der Waals surface area contributed by atoms with Crippen molar-refractivity contribution in [1.29, 1.82) is 0 Å². The van der Waals surface area contributed by atoms with Gasteiger partial charge in [0.2, 0.25) is 6.79 Å². The summed E-state index contributed by atoms with van der Waals surface area (Å²) in [5.74, 6) is 2.04. The van der Waals surface area contributed by atoms with Crippen LogP contribution in [0.3, 0.4) is 0 Å². The minimum absolute atomic E-state index is 0.224. The summed E-state index contributed by atoms with van der Waals surface area (Å²) in [6, 6.07) is 16.8. The van der Waals surface area contributed by atoms with Gasteiger partial charge < -0.3 is 23.9 Å². The molecule has 4 rings (SSSR count). The van der Waals surface area contributed by atoms with Gasteiger partial charge in [0.25, 0.3) is 5.91 Å². The maximum Gasteiger partial charge on any atom is 0.287 e. The highest BCUT2D eigenvalue weighted by molar-refractivity contribution is 5.98. The Balaban J connectivity index is 1.32. The van der Waals surface area contributed by atoms with Crippen LogP contribution in [0.5, 0.6) is 17.2 Å². The lowest BCUT2D eigenvalue weighted by Crippen LogP contribution is -2.28. The Morgan fingerprint density at radius 1 is 1.04 bits per heavy atom. The van der Waals surface area contributed by atoms with Gasteiger partial charge in [-0.15, -0.1) is 0 Å². The van der Waals surface area contributed by atoms with E-state index >= 15 is 0 Å². The van der Waals surface area contributed by atoms with Crippen LogP contribution in [0.2, 0.25) is 0 Å². The molecule has 0 radical (unpaired) electrons. The van der Waals surface area contributed by atoms with Crippen LogP contribution >= 0.6 is 0 Å². The number of hydrogen-bond acceptors (Lipinski definition) is 5. The van der Waals surface area contributed by atoms with Crippen LogP contribution in [0, 0.1) is 0 Å². The Labute approximate surface area is 150 Å². The van der Waals surface area contributed by atoms with Crippen LogP contribution < -0.4 is 19.5 Å². The van der Waals surface area contributed by atoms with Crippen molar-refractivity contribution in [2.75, 3.05) is 19.9 Å². The predicted octanol–water partition coefficient (Wildman–Crippen LogP) is 3.48. The molecule has 1 aliphatic heterocycles. The highest BCUT2D eigenvalue weighted by atomic mass is 16.7. The van der Waals surface area contributed by atoms with Gasteiger partial charge in [0.15, 0.2) is 17.3 Å². The molecule has 6 heteroatoms. The van der Waals surface area contributed by atoms with Gasteiger partial charge in [0.1, 0.15) is 12.4 Å². The molecule has 0 atom stereocenters. The molecule has 0 fully saturated rings. The fraction of sp³-hybridized carbons (Fsp3) is 0.150. The summed E-state index contributed by atoms with van der Waals surface area (Å²) in [4.78, 5) is 12.4. The van der Waals surface area contributed by atoms with E-state index in [9.17, 15) is 4.79 Å². The minimum Gasteiger partial charge on any atom is -0.492 e. The Morgan fingerprint density at radius 3 is 2.77 bits per heavy atom. The summed E-state index contributed by atoms with van der Waals surface area (Å²) in [6.45, 7) is 0.900. The third kappa shape index (κ3) is 3.35. The van der Waals surface area contributed by atoms with Gasteiger partial charge in [-0.3, -0.25) is 4.79 Å². The summed E-state index contributed by atoms with van der Waals surface area (Å²) in [7, 11) is 0. The maximum absolute atomic E-state index is 12.4. The Kier molecular flexibility index (Phi) is 4.47. The summed E-state index contributed by atoms with van der Waals surface area (Å²) in [5, 5.41) is 2.80. The van der Waals surface area contributed by atoms with Gasteiger partial charge in [-0.25, -0.2) is 0 Å². The molecule has 1 amide bonds. The number of carbonyl (C=O) groups excluding carboxylic acids is 1. The van der Waals surface area contributed by atoms with E-state index in [2.05, 4.69) is 5.32 Å². The van der Waals surface area contributed by atoms with E-state index in [1.165, 1.54) is 6.26 Å². The summed E-state index contributed by atoms with van der Waals surface area (Å²) in [6.07, 6.45) is 1.51. The standard InChI is InChI=1S/C20H17NO5/c22-20(19-16(8-10-24-19)14-4-2-1-3-5-14)21-9-11-23-15-6-7-17-18(12-15)26-13-25-17/h1-8,10,12H,9,11,13H2,(H,21,22). The number of fused-ring (bicyclic) bond motifs is 1. The third-order valence-corrected chi connectivity index (χ3v) is 3.96. The molecule has 0 unspecified atom stereocenters. The van der Waals surface area contributed by atoms with Gasteiger partial charge in [-0.2, -0.15) is 0 Å². The van der Waals surface area contributed by atoms with Crippen molar-refractivity contribution in [2.45, 2.75) is 0 Å². The quantitative estimate of drug-likeness (QED) is 0.689. The molecule has 1 aliphatic rings. The lowest BCUT2D eigenvalue weighted by atomic mass is 10.1. The molecule has 0 spiro atoms. The first kappa shape index (κ1) is 16.1. The highest BCUT2D eigenvalue weighted by Gasteiger charge is 2.16. The molecule has 6 nitrogen and oxygen atoms in total.